The molecule has 3 N–H and O–H groups in total. The minimum absolute atomic E-state index is 0.0853. The summed E-state index contributed by atoms with van der Waals surface area (Å²) in [4.78, 5) is 21.5. The van der Waals surface area contributed by atoms with Crippen LogP contribution in [0.4, 0.5) is 13.2 Å². The van der Waals surface area contributed by atoms with Crippen LogP contribution in [-0.4, -0.2) is 28.3 Å². The Morgan fingerprint density at radius 3 is 2.06 bits per heavy atom. The number of halogens is 3. The number of carbonyl (C=O) groups excluding carboxylic acids is 1. The van der Waals surface area contributed by atoms with Crippen LogP contribution in [0.2, 0.25) is 0 Å². The maximum atomic E-state index is 12.0. The van der Waals surface area contributed by atoms with Crippen LogP contribution in [0.5, 0.6) is 5.75 Å². The van der Waals surface area contributed by atoms with E-state index in [1.807, 2.05) is 0 Å². The van der Waals surface area contributed by atoms with Gasteiger partial charge in [-0.2, -0.15) is 13.2 Å². The van der Waals surface area contributed by atoms with Gasteiger partial charge in [0.15, 0.2) is 6.04 Å². The molecule has 0 fully saturated rings. The summed E-state index contributed by atoms with van der Waals surface area (Å²) < 4.78 is 36.0. The van der Waals surface area contributed by atoms with Gasteiger partial charge < -0.3 is 15.5 Å². The lowest BCUT2D eigenvalue weighted by atomic mass is 10.1. The van der Waals surface area contributed by atoms with E-state index in [9.17, 15) is 22.8 Å². The van der Waals surface area contributed by atoms with Crippen LogP contribution in [0.3, 0.4) is 0 Å². The van der Waals surface area contributed by atoms with Crippen molar-refractivity contribution in [2.45, 2.75) is 12.2 Å². The molecule has 0 aromatic heterocycles. The van der Waals surface area contributed by atoms with Crippen molar-refractivity contribution < 1.29 is 33.0 Å². The van der Waals surface area contributed by atoms with E-state index in [0.29, 0.717) is 0 Å². The molecule has 1 rings (SSSR count). The third-order valence-corrected chi connectivity index (χ3v) is 2.01. The second-order valence-electron chi connectivity index (χ2n) is 3.33. The molecule has 1 atom stereocenters. The normalized spacial score (nSPS) is 12.8. The highest BCUT2D eigenvalue weighted by molar-refractivity contribution is 5.87. The van der Waals surface area contributed by atoms with E-state index >= 15 is 0 Å². The molecule has 1 aromatic rings. The number of amides is 1. The predicted molar refractivity (Wildman–Crippen MR) is 52.7 cm³/mol. The third-order valence-electron chi connectivity index (χ3n) is 2.01. The van der Waals surface area contributed by atoms with E-state index in [1.54, 1.807) is 0 Å². The average molecular weight is 263 g/mol. The molecule has 8 heteroatoms. The number of rotatable bonds is 3. The van der Waals surface area contributed by atoms with E-state index in [-0.39, 0.29) is 11.3 Å². The Bertz CT molecular complexity index is 455. The molecule has 0 aliphatic carbocycles. The van der Waals surface area contributed by atoms with Crippen LogP contribution in [0.1, 0.15) is 11.6 Å². The SMILES string of the molecule is O=C(O)[C@H](NC(=O)C(F)(F)F)c1ccc(O)cc1. The van der Waals surface area contributed by atoms with Gasteiger partial charge in [-0.3, -0.25) is 4.79 Å². The number of nitrogens with one attached hydrogen (secondary N) is 1. The van der Waals surface area contributed by atoms with Crippen molar-refractivity contribution in [3.05, 3.63) is 29.8 Å². The summed E-state index contributed by atoms with van der Waals surface area (Å²) in [7, 11) is 0. The first-order valence-electron chi connectivity index (χ1n) is 4.61. The molecule has 0 heterocycles. The Balaban J connectivity index is 2.94. The first-order chi connectivity index (χ1) is 8.21. The number of phenolic OH excluding ortho intramolecular Hbond substituents is 1. The van der Waals surface area contributed by atoms with Crippen molar-refractivity contribution in [3.8, 4) is 5.75 Å². The first-order valence-corrected chi connectivity index (χ1v) is 4.61. The zero-order valence-electron chi connectivity index (χ0n) is 8.73. The van der Waals surface area contributed by atoms with Crippen LogP contribution >= 0.6 is 0 Å². The second kappa shape index (κ2) is 4.94. The van der Waals surface area contributed by atoms with Crippen LogP contribution in [0, 0.1) is 0 Å². The third kappa shape index (κ3) is 3.37. The molecule has 0 spiro atoms. The fourth-order valence-corrected chi connectivity index (χ4v) is 1.17. The summed E-state index contributed by atoms with van der Waals surface area (Å²) in [5, 5.41) is 19.1. The molecule has 0 saturated carbocycles. The smallest absolute Gasteiger partial charge is 0.471 e. The van der Waals surface area contributed by atoms with Crippen LogP contribution in [-0.2, 0) is 9.59 Å². The molecule has 98 valence electrons. The van der Waals surface area contributed by atoms with Crippen LogP contribution in [0.15, 0.2) is 24.3 Å². The van der Waals surface area contributed by atoms with Gasteiger partial charge in [-0.1, -0.05) is 12.1 Å². The van der Waals surface area contributed by atoms with Gasteiger partial charge in [0, 0.05) is 0 Å². The van der Waals surface area contributed by atoms with Crippen LogP contribution in [0.25, 0.3) is 0 Å². The van der Waals surface area contributed by atoms with Crippen molar-refractivity contribution >= 4 is 11.9 Å². The Hall–Kier alpha value is -2.25. The Morgan fingerprint density at radius 2 is 1.67 bits per heavy atom. The van der Waals surface area contributed by atoms with Crippen LogP contribution < -0.4 is 5.32 Å². The number of hydrogen-bond acceptors (Lipinski definition) is 3. The van der Waals surface area contributed by atoms with Gasteiger partial charge in [-0.25, -0.2) is 4.79 Å². The molecule has 0 aliphatic heterocycles. The average Bonchev–Trinajstić information content (AvgIpc) is 2.25. The highest BCUT2D eigenvalue weighted by Gasteiger charge is 2.41. The van der Waals surface area contributed by atoms with Crippen molar-refractivity contribution in [2.75, 3.05) is 0 Å². The lowest BCUT2D eigenvalue weighted by Gasteiger charge is -2.16. The van der Waals surface area contributed by atoms with E-state index in [4.69, 9.17) is 10.2 Å². The monoisotopic (exact) mass is 263 g/mol. The van der Waals surface area contributed by atoms with E-state index in [0.717, 1.165) is 24.3 Å². The topological polar surface area (TPSA) is 86.6 Å². The molecule has 0 saturated heterocycles. The van der Waals surface area contributed by atoms with Gasteiger partial charge in [0.25, 0.3) is 0 Å². The van der Waals surface area contributed by atoms with Gasteiger partial charge in [0.1, 0.15) is 5.75 Å². The lowest BCUT2D eigenvalue weighted by molar-refractivity contribution is -0.175. The predicted octanol–water partition coefficient (Wildman–Crippen LogP) is 1.20. The molecule has 1 amide bonds. The molecule has 0 bridgehead atoms. The summed E-state index contributed by atoms with van der Waals surface area (Å²) >= 11 is 0. The number of carboxylic acids is 1. The summed E-state index contributed by atoms with van der Waals surface area (Å²) in [5.41, 5.74) is -0.0853. The first kappa shape index (κ1) is 13.8. The van der Waals surface area contributed by atoms with E-state index in [2.05, 4.69) is 0 Å². The van der Waals surface area contributed by atoms with Gasteiger partial charge in [0.2, 0.25) is 0 Å². The number of aromatic hydroxyl groups is 1. The van der Waals surface area contributed by atoms with Gasteiger partial charge in [-0.05, 0) is 17.7 Å². The fraction of sp³-hybridized carbons (Fsp3) is 0.200. The summed E-state index contributed by atoms with van der Waals surface area (Å²) in [6, 6.07) is 2.57. The molecule has 0 aliphatic rings. The largest absolute Gasteiger partial charge is 0.508 e. The molecule has 18 heavy (non-hydrogen) atoms. The number of alkyl halides is 3. The highest BCUT2D eigenvalue weighted by Crippen LogP contribution is 2.20. The molecule has 1 aromatic carbocycles. The summed E-state index contributed by atoms with van der Waals surface area (Å²) in [6.07, 6.45) is -5.16. The van der Waals surface area contributed by atoms with Crippen molar-refractivity contribution in [2.24, 2.45) is 0 Å². The maximum Gasteiger partial charge on any atom is 0.471 e. The Labute approximate surface area is 98.8 Å². The minimum Gasteiger partial charge on any atom is -0.508 e. The molecule has 0 radical (unpaired) electrons. The number of carbonyl (C=O) groups is 2. The van der Waals surface area contributed by atoms with Gasteiger partial charge in [0.05, 0.1) is 0 Å². The standard InChI is InChI=1S/C10H8F3NO4/c11-10(12,13)9(18)14-7(8(16)17)5-1-3-6(15)4-2-5/h1-4,7,15H,(H,14,18)(H,16,17)/t7-/m1/s1. The molecular weight excluding hydrogens is 255 g/mol. The Kier molecular flexibility index (Phi) is 3.79. The van der Waals surface area contributed by atoms with Gasteiger partial charge in [-0.15, -0.1) is 0 Å². The lowest BCUT2D eigenvalue weighted by Crippen LogP contribution is -2.41. The van der Waals surface area contributed by atoms with Gasteiger partial charge >= 0.3 is 18.1 Å². The summed E-state index contributed by atoms with van der Waals surface area (Å²) in [5.74, 6) is -4.16. The fourth-order valence-electron chi connectivity index (χ4n) is 1.17. The van der Waals surface area contributed by atoms with E-state index < -0.39 is 24.1 Å². The van der Waals surface area contributed by atoms with Crippen molar-refractivity contribution in [3.63, 3.8) is 0 Å². The highest BCUT2D eigenvalue weighted by atomic mass is 19.4. The zero-order chi connectivity index (χ0) is 13.9. The maximum absolute atomic E-state index is 12.0. The quantitative estimate of drug-likeness (QED) is 0.764. The summed E-state index contributed by atoms with van der Waals surface area (Å²) in [6.45, 7) is 0. The number of benzene rings is 1. The number of phenols is 1. The van der Waals surface area contributed by atoms with Crippen molar-refractivity contribution in [1.29, 1.82) is 0 Å². The zero-order valence-corrected chi connectivity index (χ0v) is 8.73. The molecule has 5 nitrogen and oxygen atoms in total. The second-order valence-corrected chi connectivity index (χ2v) is 3.33. The number of carboxylic acid groups (broad SMARTS) is 1. The molecule has 0 unspecified atom stereocenters. The molecular formula is C10H8F3NO4. The number of hydrogen-bond donors (Lipinski definition) is 3. The van der Waals surface area contributed by atoms with E-state index in [1.165, 1.54) is 5.32 Å². The Morgan fingerprint density at radius 1 is 1.17 bits per heavy atom. The van der Waals surface area contributed by atoms with Crippen molar-refractivity contribution in [1.82, 2.24) is 5.32 Å². The number of aliphatic carboxylic acids is 1. The minimum atomic E-state index is -5.16.